The van der Waals surface area contributed by atoms with Crippen LogP contribution in [-0.2, 0) is 0 Å². The predicted molar refractivity (Wildman–Crippen MR) is 57.1 cm³/mol. The van der Waals surface area contributed by atoms with Gasteiger partial charge in [0.15, 0.2) is 0 Å². The monoisotopic (exact) mass is 199 g/mol. The van der Waals surface area contributed by atoms with Gasteiger partial charge in [-0.2, -0.15) is 0 Å². The first-order chi connectivity index (χ1) is 6.59. The Hall–Kier alpha value is -0.770. The van der Waals surface area contributed by atoms with Crippen LogP contribution in [0, 0.1) is 0 Å². The molecular formula is C10H21N3O. The van der Waals surface area contributed by atoms with Crippen LogP contribution < -0.4 is 11.1 Å². The van der Waals surface area contributed by atoms with Crippen molar-refractivity contribution in [3.8, 4) is 0 Å². The van der Waals surface area contributed by atoms with Gasteiger partial charge in [-0.25, -0.2) is 4.79 Å². The number of nitrogens with zero attached hydrogens (tertiary/aromatic N) is 1. The van der Waals surface area contributed by atoms with Gasteiger partial charge < -0.3 is 16.0 Å². The number of urea groups is 1. The molecule has 0 radical (unpaired) electrons. The molecule has 4 nitrogen and oxygen atoms in total. The molecule has 0 heterocycles. The van der Waals surface area contributed by atoms with Crippen molar-refractivity contribution in [1.29, 1.82) is 0 Å². The minimum atomic E-state index is -0.139. The van der Waals surface area contributed by atoms with Crippen molar-refractivity contribution >= 4 is 6.03 Å². The second-order valence-corrected chi connectivity index (χ2v) is 4.37. The minimum absolute atomic E-state index is 0.0302. The molecule has 3 N–H and O–H groups in total. The summed E-state index contributed by atoms with van der Waals surface area (Å²) in [6, 6.07) is -0.0302. The summed E-state index contributed by atoms with van der Waals surface area (Å²) in [5.74, 6) is 0. The predicted octanol–water partition coefficient (Wildman–Crippen LogP) is 0.919. The number of carbonyl (C=O) groups is 1. The number of amides is 2. The third-order valence-corrected chi connectivity index (χ3v) is 2.98. The lowest BCUT2D eigenvalue weighted by molar-refractivity contribution is 0.185. The highest BCUT2D eigenvalue weighted by atomic mass is 16.2. The average Bonchev–Trinajstić information content (AvgIpc) is 2.19. The van der Waals surface area contributed by atoms with Crippen molar-refractivity contribution < 1.29 is 4.79 Å². The Labute approximate surface area is 85.8 Å². The van der Waals surface area contributed by atoms with E-state index in [4.69, 9.17) is 5.73 Å². The third-order valence-electron chi connectivity index (χ3n) is 2.98. The van der Waals surface area contributed by atoms with E-state index in [-0.39, 0.29) is 11.6 Å². The summed E-state index contributed by atoms with van der Waals surface area (Å²) in [4.78, 5) is 13.1. The lowest BCUT2D eigenvalue weighted by atomic mass is 9.82. The highest BCUT2D eigenvalue weighted by Crippen LogP contribution is 2.27. The molecule has 0 aliphatic heterocycles. The van der Waals surface area contributed by atoms with Crippen molar-refractivity contribution in [3.63, 3.8) is 0 Å². The van der Waals surface area contributed by atoms with E-state index in [9.17, 15) is 4.79 Å². The number of hydrogen-bond donors (Lipinski definition) is 2. The molecule has 1 aliphatic carbocycles. The van der Waals surface area contributed by atoms with Crippen LogP contribution >= 0.6 is 0 Å². The van der Waals surface area contributed by atoms with E-state index < -0.39 is 0 Å². The van der Waals surface area contributed by atoms with Crippen LogP contribution in [0.15, 0.2) is 0 Å². The molecule has 0 aromatic heterocycles. The minimum Gasteiger partial charge on any atom is -0.331 e. The second kappa shape index (κ2) is 4.64. The summed E-state index contributed by atoms with van der Waals surface area (Å²) in [6.07, 6.45) is 5.64. The average molecular weight is 199 g/mol. The van der Waals surface area contributed by atoms with Crippen molar-refractivity contribution in [2.24, 2.45) is 5.73 Å². The van der Waals surface area contributed by atoms with E-state index in [0.717, 1.165) is 12.8 Å². The zero-order valence-electron chi connectivity index (χ0n) is 9.18. The molecule has 0 aromatic rings. The van der Waals surface area contributed by atoms with Crippen LogP contribution in [-0.4, -0.2) is 37.1 Å². The van der Waals surface area contributed by atoms with E-state index in [1.807, 2.05) is 0 Å². The Morgan fingerprint density at radius 3 is 2.36 bits per heavy atom. The summed E-state index contributed by atoms with van der Waals surface area (Å²) < 4.78 is 0. The van der Waals surface area contributed by atoms with E-state index in [0.29, 0.717) is 6.54 Å². The third kappa shape index (κ3) is 2.61. The SMILES string of the molecule is CN(C)C(=O)NC1(CN)CCCCC1. The van der Waals surface area contributed by atoms with Gasteiger partial charge in [-0.3, -0.25) is 0 Å². The standard InChI is InChI=1S/C10H21N3O/c1-13(2)9(14)12-10(8-11)6-4-3-5-7-10/h3-8,11H2,1-2H3,(H,12,14). The van der Waals surface area contributed by atoms with Gasteiger partial charge in [0.1, 0.15) is 0 Å². The fourth-order valence-corrected chi connectivity index (χ4v) is 1.95. The van der Waals surface area contributed by atoms with E-state index in [1.54, 1.807) is 19.0 Å². The fourth-order valence-electron chi connectivity index (χ4n) is 1.95. The van der Waals surface area contributed by atoms with Crippen molar-refractivity contribution in [2.45, 2.75) is 37.6 Å². The topological polar surface area (TPSA) is 58.4 Å². The van der Waals surface area contributed by atoms with Gasteiger partial charge in [0.05, 0.1) is 5.54 Å². The molecule has 2 amide bonds. The van der Waals surface area contributed by atoms with Gasteiger partial charge in [-0.1, -0.05) is 19.3 Å². The smallest absolute Gasteiger partial charge is 0.317 e. The van der Waals surface area contributed by atoms with Crippen LogP contribution in [0.3, 0.4) is 0 Å². The normalized spacial score (nSPS) is 20.2. The molecule has 0 saturated heterocycles. The summed E-state index contributed by atoms with van der Waals surface area (Å²) in [5, 5.41) is 3.04. The molecule has 0 spiro atoms. The Kier molecular flexibility index (Phi) is 3.75. The first-order valence-electron chi connectivity index (χ1n) is 5.29. The molecule has 0 aromatic carbocycles. The van der Waals surface area contributed by atoms with E-state index >= 15 is 0 Å². The maximum absolute atomic E-state index is 11.5. The summed E-state index contributed by atoms with van der Waals surface area (Å²) in [6.45, 7) is 0.548. The second-order valence-electron chi connectivity index (χ2n) is 4.37. The number of nitrogens with one attached hydrogen (secondary N) is 1. The molecule has 1 fully saturated rings. The molecule has 1 rings (SSSR count). The van der Waals surface area contributed by atoms with Crippen molar-refractivity contribution in [3.05, 3.63) is 0 Å². The molecular weight excluding hydrogens is 178 g/mol. The van der Waals surface area contributed by atoms with Gasteiger partial charge >= 0.3 is 6.03 Å². The number of nitrogens with two attached hydrogens (primary N) is 1. The fraction of sp³-hybridized carbons (Fsp3) is 0.900. The molecule has 4 heteroatoms. The van der Waals surface area contributed by atoms with E-state index in [1.165, 1.54) is 19.3 Å². The largest absolute Gasteiger partial charge is 0.331 e. The maximum atomic E-state index is 11.5. The van der Waals surface area contributed by atoms with Crippen molar-refractivity contribution in [2.75, 3.05) is 20.6 Å². The molecule has 0 atom stereocenters. The highest BCUT2D eigenvalue weighted by molar-refractivity contribution is 5.74. The summed E-state index contributed by atoms with van der Waals surface area (Å²) in [5.41, 5.74) is 5.61. The molecule has 14 heavy (non-hydrogen) atoms. The first-order valence-corrected chi connectivity index (χ1v) is 5.29. The molecule has 0 bridgehead atoms. The Morgan fingerprint density at radius 2 is 1.93 bits per heavy atom. The first kappa shape index (κ1) is 11.3. The Morgan fingerprint density at radius 1 is 1.36 bits per heavy atom. The molecule has 1 aliphatic rings. The zero-order chi connectivity index (χ0) is 10.6. The van der Waals surface area contributed by atoms with Gasteiger partial charge in [-0.15, -0.1) is 0 Å². The number of hydrogen-bond acceptors (Lipinski definition) is 2. The van der Waals surface area contributed by atoms with Gasteiger partial charge in [0, 0.05) is 20.6 Å². The van der Waals surface area contributed by atoms with Crippen LogP contribution in [0.25, 0.3) is 0 Å². The summed E-state index contributed by atoms with van der Waals surface area (Å²) in [7, 11) is 3.50. The lowest BCUT2D eigenvalue weighted by Crippen LogP contribution is -2.57. The lowest BCUT2D eigenvalue weighted by Gasteiger charge is -2.37. The zero-order valence-corrected chi connectivity index (χ0v) is 9.18. The van der Waals surface area contributed by atoms with Crippen LogP contribution in [0.2, 0.25) is 0 Å². The highest BCUT2D eigenvalue weighted by Gasteiger charge is 2.32. The van der Waals surface area contributed by atoms with Crippen LogP contribution in [0.5, 0.6) is 0 Å². The van der Waals surface area contributed by atoms with Crippen LogP contribution in [0.4, 0.5) is 4.79 Å². The van der Waals surface area contributed by atoms with E-state index in [2.05, 4.69) is 5.32 Å². The molecule has 1 saturated carbocycles. The summed E-state index contributed by atoms with van der Waals surface area (Å²) >= 11 is 0. The van der Waals surface area contributed by atoms with Crippen molar-refractivity contribution in [1.82, 2.24) is 10.2 Å². The van der Waals surface area contributed by atoms with Gasteiger partial charge in [-0.05, 0) is 12.8 Å². The number of rotatable bonds is 2. The molecule has 0 unspecified atom stereocenters. The van der Waals surface area contributed by atoms with Crippen LogP contribution in [0.1, 0.15) is 32.1 Å². The maximum Gasteiger partial charge on any atom is 0.317 e. The Balaban J connectivity index is 2.56. The Bertz CT molecular complexity index is 198. The quantitative estimate of drug-likeness (QED) is 0.694. The number of carbonyl (C=O) groups excluding carboxylic acids is 1. The van der Waals surface area contributed by atoms with Gasteiger partial charge in [0.25, 0.3) is 0 Å². The molecule has 82 valence electrons. The van der Waals surface area contributed by atoms with Gasteiger partial charge in [0.2, 0.25) is 0 Å².